The monoisotopic (exact) mass is 304 g/mol. The van der Waals surface area contributed by atoms with Crippen LogP contribution in [0.1, 0.15) is 31.7 Å². The van der Waals surface area contributed by atoms with Gasteiger partial charge in [0.2, 0.25) is 6.10 Å². The van der Waals surface area contributed by atoms with Gasteiger partial charge in [0.1, 0.15) is 5.82 Å². The third-order valence-electron chi connectivity index (χ3n) is 4.30. The Morgan fingerprint density at radius 2 is 2.18 bits per heavy atom. The molecule has 4 nitrogen and oxygen atoms in total. The van der Waals surface area contributed by atoms with E-state index in [-0.39, 0.29) is 11.7 Å². The zero-order chi connectivity index (χ0) is 15.5. The number of nitrogens with zero attached hydrogens (tertiary/aromatic N) is 2. The highest BCUT2D eigenvalue weighted by molar-refractivity contribution is 5.94. The second kappa shape index (κ2) is 6.46. The number of oxime groups is 1. The van der Waals surface area contributed by atoms with E-state index in [0.29, 0.717) is 18.8 Å². The first kappa shape index (κ1) is 15.0. The Morgan fingerprint density at radius 1 is 1.41 bits per heavy atom. The number of benzene rings is 1. The number of piperidine rings is 1. The summed E-state index contributed by atoms with van der Waals surface area (Å²) in [6, 6.07) is 6.34. The molecule has 0 unspecified atom stereocenters. The summed E-state index contributed by atoms with van der Waals surface area (Å²) in [7, 11) is 0. The first-order valence-electron chi connectivity index (χ1n) is 7.86. The Balaban J connectivity index is 1.54. The number of rotatable bonds is 3. The van der Waals surface area contributed by atoms with Crippen LogP contribution in [0.25, 0.3) is 0 Å². The van der Waals surface area contributed by atoms with E-state index >= 15 is 0 Å². The maximum atomic E-state index is 12.9. The zero-order valence-electron chi connectivity index (χ0n) is 12.8. The molecule has 1 fully saturated rings. The van der Waals surface area contributed by atoms with E-state index in [2.05, 4.69) is 12.1 Å². The van der Waals surface area contributed by atoms with Crippen LogP contribution in [0.3, 0.4) is 0 Å². The minimum absolute atomic E-state index is 0.0457. The molecule has 0 aliphatic carbocycles. The molecule has 2 aliphatic rings. The third kappa shape index (κ3) is 3.46. The molecule has 22 heavy (non-hydrogen) atoms. The first-order chi connectivity index (χ1) is 10.6. The van der Waals surface area contributed by atoms with Crippen LogP contribution in [0.2, 0.25) is 0 Å². The second-order valence-electron chi connectivity index (χ2n) is 6.29. The molecule has 0 bridgehead atoms. The summed E-state index contributed by atoms with van der Waals surface area (Å²) in [5.74, 6) is 0.351. The number of halogens is 1. The number of carbonyl (C=O) groups is 1. The van der Waals surface area contributed by atoms with Crippen molar-refractivity contribution in [2.24, 2.45) is 11.1 Å². The molecule has 2 aliphatic heterocycles. The van der Waals surface area contributed by atoms with Gasteiger partial charge in [-0.15, -0.1) is 0 Å². The van der Waals surface area contributed by atoms with Crippen LogP contribution < -0.4 is 0 Å². The van der Waals surface area contributed by atoms with Gasteiger partial charge < -0.3 is 9.74 Å². The lowest BCUT2D eigenvalue weighted by atomic mass is 9.99. The summed E-state index contributed by atoms with van der Waals surface area (Å²) in [4.78, 5) is 19.7. The van der Waals surface area contributed by atoms with Crippen LogP contribution in [-0.4, -0.2) is 35.7 Å². The summed E-state index contributed by atoms with van der Waals surface area (Å²) in [6.45, 7) is 3.80. The lowest BCUT2D eigenvalue weighted by molar-refractivity contribution is -0.143. The molecular weight excluding hydrogens is 283 g/mol. The van der Waals surface area contributed by atoms with Crippen molar-refractivity contribution in [1.29, 1.82) is 0 Å². The van der Waals surface area contributed by atoms with Crippen molar-refractivity contribution in [2.45, 2.75) is 38.7 Å². The van der Waals surface area contributed by atoms with E-state index in [1.807, 2.05) is 4.90 Å². The average molecular weight is 304 g/mol. The summed E-state index contributed by atoms with van der Waals surface area (Å²) in [5, 5.41) is 4.05. The van der Waals surface area contributed by atoms with Gasteiger partial charge in [0.25, 0.3) is 5.91 Å². The van der Waals surface area contributed by atoms with Gasteiger partial charge in [-0.25, -0.2) is 4.39 Å². The summed E-state index contributed by atoms with van der Waals surface area (Å²) in [6.07, 6.45) is 2.88. The van der Waals surface area contributed by atoms with Gasteiger partial charge in [-0.05, 0) is 36.5 Å². The Labute approximate surface area is 129 Å². The van der Waals surface area contributed by atoms with Crippen molar-refractivity contribution < 1.29 is 14.0 Å². The molecule has 2 heterocycles. The summed E-state index contributed by atoms with van der Waals surface area (Å²) in [5.41, 5.74) is 1.82. The highest BCUT2D eigenvalue weighted by Gasteiger charge is 2.33. The van der Waals surface area contributed by atoms with Crippen LogP contribution in [-0.2, 0) is 16.1 Å². The van der Waals surface area contributed by atoms with E-state index in [4.69, 9.17) is 4.84 Å². The van der Waals surface area contributed by atoms with Crippen molar-refractivity contribution in [3.8, 4) is 0 Å². The largest absolute Gasteiger partial charge is 0.382 e. The SMILES string of the molecule is C[C@H]1CCCN(C(=O)[C@@H]2CC(Cc3ccc(F)cc3)=NO2)C1. The Morgan fingerprint density at radius 3 is 2.91 bits per heavy atom. The van der Waals surface area contributed by atoms with Crippen LogP contribution in [0, 0.1) is 11.7 Å². The molecule has 118 valence electrons. The minimum Gasteiger partial charge on any atom is -0.382 e. The smallest absolute Gasteiger partial charge is 0.266 e. The fraction of sp³-hybridized carbons (Fsp3) is 0.529. The van der Waals surface area contributed by atoms with E-state index in [1.165, 1.54) is 18.6 Å². The number of carbonyl (C=O) groups excluding carboxylic acids is 1. The van der Waals surface area contributed by atoms with Crippen LogP contribution in [0.15, 0.2) is 29.4 Å². The van der Waals surface area contributed by atoms with Crippen molar-refractivity contribution in [3.05, 3.63) is 35.6 Å². The van der Waals surface area contributed by atoms with Crippen molar-refractivity contribution in [1.82, 2.24) is 4.90 Å². The Bertz CT molecular complexity index is 571. The van der Waals surface area contributed by atoms with Gasteiger partial charge in [-0.2, -0.15) is 0 Å². The normalized spacial score (nSPS) is 24.8. The highest BCUT2D eigenvalue weighted by atomic mass is 19.1. The fourth-order valence-electron chi connectivity index (χ4n) is 3.09. The van der Waals surface area contributed by atoms with E-state index in [0.717, 1.165) is 30.8 Å². The quantitative estimate of drug-likeness (QED) is 0.861. The molecule has 1 aromatic carbocycles. The zero-order valence-corrected chi connectivity index (χ0v) is 12.8. The molecule has 0 radical (unpaired) electrons. The molecule has 1 amide bonds. The van der Waals surface area contributed by atoms with Crippen LogP contribution in [0.4, 0.5) is 4.39 Å². The van der Waals surface area contributed by atoms with Gasteiger partial charge in [0, 0.05) is 25.9 Å². The number of amides is 1. The Hall–Kier alpha value is -1.91. The fourth-order valence-corrected chi connectivity index (χ4v) is 3.09. The molecule has 1 saturated heterocycles. The van der Waals surface area contributed by atoms with Gasteiger partial charge in [0.15, 0.2) is 0 Å². The number of likely N-dealkylation sites (tertiary alicyclic amines) is 1. The molecule has 3 rings (SSSR count). The minimum atomic E-state index is -0.485. The highest BCUT2D eigenvalue weighted by Crippen LogP contribution is 2.21. The predicted molar refractivity (Wildman–Crippen MR) is 82.0 cm³/mol. The molecule has 0 spiro atoms. The first-order valence-corrected chi connectivity index (χ1v) is 7.86. The van der Waals surface area contributed by atoms with Gasteiger partial charge in [-0.3, -0.25) is 4.79 Å². The topological polar surface area (TPSA) is 41.9 Å². The molecule has 5 heteroatoms. The molecule has 0 aromatic heterocycles. The lowest BCUT2D eigenvalue weighted by Gasteiger charge is -2.32. The van der Waals surface area contributed by atoms with E-state index in [9.17, 15) is 9.18 Å². The maximum absolute atomic E-state index is 12.9. The van der Waals surface area contributed by atoms with Crippen molar-refractivity contribution >= 4 is 11.6 Å². The van der Waals surface area contributed by atoms with E-state index in [1.54, 1.807) is 12.1 Å². The maximum Gasteiger partial charge on any atom is 0.266 e. The predicted octanol–water partition coefficient (Wildman–Crippen LogP) is 2.77. The van der Waals surface area contributed by atoms with Crippen LogP contribution in [0.5, 0.6) is 0 Å². The Kier molecular flexibility index (Phi) is 4.41. The lowest BCUT2D eigenvalue weighted by Crippen LogP contribution is -2.44. The van der Waals surface area contributed by atoms with E-state index < -0.39 is 6.10 Å². The van der Waals surface area contributed by atoms with Gasteiger partial charge in [0.05, 0.1) is 5.71 Å². The molecule has 0 N–H and O–H groups in total. The van der Waals surface area contributed by atoms with Crippen molar-refractivity contribution in [2.75, 3.05) is 13.1 Å². The average Bonchev–Trinajstić information content (AvgIpc) is 2.97. The summed E-state index contributed by atoms with van der Waals surface area (Å²) < 4.78 is 12.9. The molecule has 0 saturated carbocycles. The second-order valence-corrected chi connectivity index (χ2v) is 6.29. The van der Waals surface area contributed by atoms with Crippen LogP contribution >= 0.6 is 0 Å². The third-order valence-corrected chi connectivity index (χ3v) is 4.30. The molecule has 2 atom stereocenters. The van der Waals surface area contributed by atoms with Crippen molar-refractivity contribution in [3.63, 3.8) is 0 Å². The molecular formula is C17H21FN2O2. The molecule has 1 aromatic rings. The van der Waals surface area contributed by atoms with Gasteiger partial charge in [-0.1, -0.05) is 24.2 Å². The summed E-state index contributed by atoms with van der Waals surface area (Å²) >= 11 is 0. The standard InChI is InChI=1S/C17H21FN2O2/c1-12-3-2-8-20(11-12)17(21)16-10-15(19-22-16)9-13-4-6-14(18)7-5-13/h4-7,12,16H,2-3,8-11H2,1H3/t12-,16-/m0/s1. The number of hydrogen-bond acceptors (Lipinski definition) is 3. The number of hydrogen-bond donors (Lipinski definition) is 0. The van der Waals surface area contributed by atoms with Gasteiger partial charge >= 0.3 is 0 Å².